The Labute approximate surface area is 134 Å². The van der Waals surface area contributed by atoms with Crippen molar-refractivity contribution in [1.29, 1.82) is 0 Å². The molecule has 3 rings (SSSR count). The van der Waals surface area contributed by atoms with Crippen LogP contribution in [-0.4, -0.2) is 23.2 Å². The number of rotatable bonds is 5. The van der Waals surface area contributed by atoms with E-state index in [-0.39, 0.29) is 5.91 Å². The second kappa shape index (κ2) is 6.79. The number of methoxy groups -OCH3 is 1. The Balaban J connectivity index is 1.84. The molecule has 116 valence electrons. The Morgan fingerprint density at radius 2 is 2.00 bits per heavy atom. The number of hydrogen-bond donors (Lipinski definition) is 2. The van der Waals surface area contributed by atoms with Crippen molar-refractivity contribution in [1.82, 2.24) is 15.5 Å². The molecule has 0 saturated carbocycles. The summed E-state index contributed by atoms with van der Waals surface area (Å²) in [5.74, 6) is 0.598. The van der Waals surface area contributed by atoms with E-state index in [1.54, 1.807) is 19.4 Å². The Kier molecular flexibility index (Phi) is 4.38. The van der Waals surface area contributed by atoms with Crippen molar-refractivity contribution in [2.45, 2.75) is 6.54 Å². The van der Waals surface area contributed by atoms with Crippen LogP contribution in [0.5, 0.6) is 5.75 Å². The lowest BCUT2D eigenvalue weighted by Crippen LogP contribution is -2.23. The molecular weight excluding hydrogens is 290 g/mol. The number of nitrogens with one attached hydrogen (secondary N) is 2. The highest BCUT2D eigenvalue weighted by molar-refractivity contribution is 5.96. The Hall–Kier alpha value is -3.08. The van der Waals surface area contributed by atoms with E-state index in [0.29, 0.717) is 12.1 Å². The van der Waals surface area contributed by atoms with Gasteiger partial charge in [-0.25, -0.2) is 0 Å². The van der Waals surface area contributed by atoms with Crippen LogP contribution in [0.4, 0.5) is 0 Å². The molecule has 1 aromatic heterocycles. The van der Waals surface area contributed by atoms with Crippen LogP contribution >= 0.6 is 0 Å². The Morgan fingerprint density at radius 1 is 1.17 bits per heavy atom. The number of aromatic nitrogens is 2. The molecule has 0 aliphatic heterocycles. The van der Waals surface area contributed by atoms with E-state index in [9.17, 15) is 4.79 Å². The van der Waals surface area contributed by atoms with E-state index >= 15 is 0 Å². The van der Waals surface area contributed by atoms with E-state index in [2.05, 4.69) is 15.5 Å². The summed E-state index contributed by atoms with van der Waals surface area (Å²) in [7, 11) is 1.62. The normalized spacial score (nSPS) is 10.3. The van der Waals surface area contributed by atoms with Crippen molar-refractivity contribution in [3.8, 4) is 16.9 Å². The third-order valence-electron chi connectivity index (χ3n) is 3.54. The summed E-state index contributed by atoms with van der Waals surface area (Å²) >= 11 is 0. The summed E-state index contributed by atoms with van der Waals surface area (Å²) in [6.45, 7) is 0.408. The van der Waals surface area contributed by atoms with Gasteiger partial charge in [0.15, 0.2) is 0 Å². The maximum atomic E-state index is 12.3. The molecule has 5 heteroatoms. The molecule has 0 aliphatic carbocycles. The second-order valence-electron chi connectivity index (χ2n) is 5.05. The summed E-state index contributed by atoms with van der Waals surface area (Å²) < 4.78 is 5.41. The molecule has 0 fully saturated rings. The Bertz CT molecular complexity index is 783. The summed E-state index contributed by atoms with van der Waals surface area (Å²) in [5.41, 5.74) is 3.34. The molecular formula is C18H17N3O2. The van der Waals surface area contributed by atoms with Gasteiger partial charge in [0.1, 0.15) is 5.75 Å². The lowest BCUT2D eigenvalue weighted by molar-refractivity contribution is 0.0950. The molecule has 2 N–H and O–H groups in total. The zero-order valence-electron chi connectivity index (χ0n) is 12.7. The highest BCUT2D eigenvalue weighted by atomic mass is 16.5. The molecule has 0 spiro atoms. The van der Waals surface area contributed by atoms with Gasteiger partial charge in [-0.1, -0.05) is 30.3 Å². The summed E-state index contributed by atoms with van der Waals surface area (Å²) in [6.07, 6.45) is 1.66. The first-order valence-corrected chi connectivity index (χ1v) is 7.28. The van der Waals surface area contributed by atoms with E-state index in [0.717, 1.165) is 22.6 Å². The minimum absolute atomic E-state index is 0.139. The van der Waals surface area contributed by atoms with Crippen LogP contribution in [0.2, 0.25) is 0 Å². The second-order valence-corrected chi connectivity index (χ2v) is 5.05. The average Bonchev–Trinajstić information content (AvgIpc) is 3.13. The van der Waals surface area contributed by atoms with Crippen LogP contribution in [-0.2, 0) is 6.54 Å². The number of H-pyrrole nitrogens is 1. The van der Waals surface area contributed by atoms with Gasteiger partial charge in [0.05, 0.1) is 19.3 Å². The standard InChI is InChI=1S/C18H17N3O2/c1-23-17-8-7-14(11-16(17)13-5-3-2-4-6-13)18(22)19-12-15-9-10-20-21-15/h2-11H,12H2,1H3,(H,19,22)(H,20,21). The van der Waals surface area contributed by atoms with E-state index in [1.165, 1.54) is 0 Å². The minimum Gasteiger partial charge on any atom is -0.496 e. The van der Waals surface area contributed by atoms with Gasteiger partial charge in [-0.05, 0) is 29.8 Å². The maximum absolute atomic E-state index is 12.3. The minimum atomic E-state index is -0.139. The lowest BCUT2D eigenvalue weighted by Gasteiger charge is -2.11. The number of nitrogens with zero attached hydrogens (tertiary/aromatic N) is 1. The van der Waals surface area contributed by atoms with Crippen LogP contribution in [0.15, 0.2) is 60.8 Å². The third-order valence-corrected chi connectivity index (χ3v) is 3.54. The molecule has 0 bridgehead atoms. The summed E-state index contributed by atoms with van der Waals surface area (Å²) in [6, 6.07) is 17.1. The van der Waals surface area contributed by atoms with Crippen LogP contribution in [0.1, 0.15) is 16.1 Å². The number of hydrogen-bond acceptors (Lipinski definition) is 3. The third kappa shape index (κ3) is 3.40. The number of ether oxygens (including phenoxy) is 1. The molecule has 1 heterocycles. The van der Waals surface area contributed by atoms with E-state index in [4.69, 9.17) is 4.74 Å². The SMILES string of the molecule is COc1ccc(C(=O)NCc2ccn[nH]2)cc1-c1ccccc1. The topological polar surface area (TPSA) is 67.0 Å². The molecule has 0 aliphatic rings. The quantitative estimate of drug-likeness (QED) is 0.761. The summed E-state index contributed by atoms with van der Waals surface area (Å²) in [5, 5.41) is 9.54. The summed E-state index contributed by atoms with van der Waals surface area (Å²) in [4.78, 5) is 12.3. The van der Waals surface area contributed by atoms with Crippen LogP contribution in [0, 0.1) is 0 Å². The predicted molar refractivity (Wildman–Crippen MR) is 88.2 cm³/mol. The number of aromatic amines is 1. The number of carbonyl (C=O) groups excluding carboxylic acids is 1. The fraction of sp³-hybridized carbons (Fsp3) is 0.111. The number of benzene rings is 2. The van der Waals surface area contributed by atoms with Gasteiger partial charge in [-0.2, -0.15) is 5.10 Å². The average molecular weight is 307 g/mol. The molecule has 23 heavy (non-hydrogen) atoms. The lowest BCUT2D eigenvalue weighted by atomic mass is 10.0. The fourth-order valence-electron chi connectivity index (χ4n) is 2.35. The van der Waals surface area contributed by atoms with Gasteiger partial charge in [-0.3, -0.25) is 9.89 Å². The molecule has 0 atom stereocenters. The number of carbonyl (C=O) groups is 1. The van der Waals surface area contributed by atoms with Crippen molar-refractivity contribution in [3.05, 3.63) is 72.1 Å². The molecule has 0 saturated heterocycles. The van der Waals surface area contributed by atoms with Crippen LogP contribution < -0.4 is 10.1 Å². The first-order chi connectivity index (χ1) is 11.3. The molecule has 3 aromatic rings. The van der Waals surface area contributed by atoms with Crippen LogP contribution in [0.25, 0.3) is 11.1 Å². The van der Waals surface area contributed by atoms with Gasteiger partial charge in [-0.15, -0.1) is 0 Å². The highest BCUT2D eigenvalue weighted by Crippen LogP contribution is 2.30. The monoisotopic (exact) mass is 307 g/mol. The fourth-order valence-corrected chi connectivity index (χ4v) is 2.35. The van der Waals surface area contributed by atoms with E-state index in [1.807, 2.05) is 48.5 Å². The van der Waals surface area contributed by atoms with Crippen molar-refractivity contribution >= 4 is 5.91 Å². The Morgan fingerprint density at radius 3 is 2.70 bits per heavy atom. The first-order valence-electron chi connectivity index (χ1n) is 7.28. The van der Waals surface area contributed by atoms with Gasteiger partial charge < -0.3 is 10.1 Å². The van der Waals surface area contributed by atoms with Crippen molar-refractivity contribution in [3.63, 3.8) is 0 Å². The number of amides is 1. The smallest absolute Gasteiger partial charge is 0.251 e. The highest BCUT2D eigenvalue weighted by Gasteiger charge is 2.11. The first kappa shape index (κ1) is 14.8. The van der Waals surface area contributed by atoms with Crippen molar-refractivity contribution in [2.24, 2.45) is 0 Å². The predicted octanol–water partition coefficient (Wildman–Crippen LogP) is 3.02. The molecule has 0 radical (unpaired) electrons. The largest absolute Gasteiger partial charge is 0.496 e. The van der Waals surface area contributed by atoms with Crippen LogP contribution in [0.3, 0.4) is 0 Å². The van der Waals surface area contributed by atoms with Gasteiger partial charge >= 0.3 is 0 Å². The zero-order chi connectivity index (χ0) is 16.1. The van der Waals surface area contributed by atoms with Crippen molar-refractivity contribution < 1.29 is 9.53 Å². The molecule has 5 nitrogen and oxygen atoms in total. The van der Waals surface area contributed by atoms with Gasteiger partial charge in [0, 0.05) is 17.3 Å². The van der Waals surface area contributed by atoms with Gasteiger partial charge in [0.2, 0.25) is 0 Å². The molecule has 2 aromatic carbocycles. The van der Waals surface area contributed by atoms with E-state index < -0.39 is 0 Å². The van der Waals surface area contributed by atoms with Crippen molar-refractivity contribution in [2.75, 3.05) is 7.11 Å². The van der Waals surface area contributed by atoms with Gasteiger partial charge in [0.25, 0.3) is 5.91 Å². The molecule has 1 amide bonds. The zero-order valence-corrected chi connectivity index (χ0v) is 12.7. The maximum Gasteiger partial charge on any atom is 0.251 e. The molecule has 0 unspecified atom stereocenters.